The first-order valence-electron chi connectivity index (χ1n) is 3.83. The summed E-state index contributed by atoms with van der Waals surface area (Å²) >= 11 is 0. The van der Waals surface area contributed by atoms with Gasteiger partial charge in [0.2, 0.25) is 0 Å². The van der Waals surface area contributed by atoms with Gasteiger partial charge in [-0.05, 0) is 13.0 Å². The lowest BCUT2D eigenvalue weighted by molar-refractivity contribution is 0.765. The predicted octanol–water partition coefficient (Wildman–Crippen LogP) is 1.55. The molecule has 0 fully saturated rings. The first kappa shape index (κ1) is 9.66. The highest BCUT2D eigenvalue weighted by Crippen LogP contribution is 1.85. The molecule has 0 radical (unpaired) electrons. The van der Waals surface area contributed by atoms with Gasteiger partial charge in [0.25, 0.3) is 0 Å². The maximum absolute atomic E-state index is 3.74. The van der Waals surface area contributed by atoms with Crippen LogP contribution in [0.1, 0.15) is 19.8 Å². The summed E-state index contributed by atoms with van der Waals surface area (Å²) in [5, 5.41) is 0. The van der Waals surface area contributed by atoms with Gasteiger partial charge in [0.1, 0.15) is 0 Å². The van der Waals surface area contributed by atoms with E-state index in [2.05, 4.69) is 25.1 Å². The molecule has 0 aromatic carbocycles. The molecule has 0 rings (SSSR count). The Morgan fingerprint density at radius 1 is 1.40 bits per heavy atom. The minimum absolute atomic E-state index is 0.946. The van der Waals surface area contributed by atoms with Gasteiger partial charge < -0.3 is 4.98 Å². The molecule has 2 heteroatoms. The minimum Gasteiger partial charge on any atom is -0.333 e. The van der Waals surface area contributed by atoms with Crippen LogP contribution in [-0.4, -0.2) is 15.5 Å². The third kappa shape index (κ3) is 4.53. The van der Waals surface area contributed by atoms with E-state index in [-0.39, 0.29) is 0 Å². The molecule has 10 heavy (non-hydrogen) atoms. The van der Waals surface area contributed by atoms with Crippen LogP contribution in [0.3, 0.4) is 0 Å². The van der Waals surface area contributed by atoms with E-state index >= 15 is 0 Å². The molecule has 0 aliphatic heterocycles. The van der Waals surface area contributed by atoms with Crippen LogP contribution in [0.5, 0.6) is 0 Å². The van der Waals surface area contributed by atoms with Crippen molar-refractivity contribution in [1.29, 1.82) is 0 Å². The number of hydrogen-bond donors (Lipinski definition) is 1. The second kappa shape index (κ2) is 6.77. The summed E-state index contributed by atoms with van der Waals surface area (Å²) in [6.07, 6.45) is 2.51. The van der Waals surface area contributed by atoms with Crippen molar-refractivity contribution in [3.63, 3.8) is 0 Å². The first-order valence-corrected chi connectivity index (χ1v) is 5.74. The van der Waals surface area contributed by atoms with Crippen LogP contribution in [-0.2, 0) is 0 Å². The second-order valence-electron chi connectivity index (χ2n) is 2.30. The van der Waals surface area contributed by atoms with E-state index < -0.39 is 8.96 Å². The topological polar surface area (TPSA) is 12.0 Å². The largest absolute Gasteiger partial charge is 0.333 e. The fourth-order valence-electron chi connectivity index (χ4n) is 0.708. The van der Waals surface area contributed by atoms with E-state index in [0.29, 0.717) is 0 Å². The van der Waals surface area contributed by atoms with Crippen molar-refractivity contribution >= 4 is 8.96 Å². The van der Waals surface area contributed by atoms with Crippen LogP contribution >= 0.6 is 0 Å². The molecule has 0 spiro atoms. The van der Waals surface area contributed by atoms with Crippen molar-refractivity contribution in [2.75, 3.05) is 6.54 Å². The highest BCUT2D eigenvalue weighted by Gasteiger charge is 1.96. The van der Waals surface area contributed by atoms with Crippen LogP contribution in [0.4, 0.5) is 0 Å². The zero-order valence-electron chi connectivity index (χ0n) is 6.77. The molecule has 0 amide bonds. The first-order chi connectivity index (χ1) is 4.85. The zero-order valence-corrected chi connectivity index (χ0v) is 7.92. The van der Waals surface area contributed by atoms with Crippen LogP contribution in [0.25, 0.3) is 0 Å². The van der Waals surface area contributed by atoms with Gasteiger partial charge >= 0.3 is 0 Å². The maximum atomic E-state index is 3.74. The van der Waals surface area contributed by atoms with Crippen LogP contribution in [0.2, 0.25) is 0 Å². The van der Waals surface area contributed by atoms with E-state index in [0.717, 1.165) is 6.54 Å². The lowest BCUT2D eigenvalue weighted by Gasteiger charge is -2.06. The molecular formula is C8H17NSi. The molecule has 58 valence electrons. The maximum Gasteiger partial charge on any atom is 0.157 e. The molecule has 0 bridgehead atoms. The van der Waals surface area contributed by atoms with E-state index in [1.807, 2.05) is 11.4 Å². The molecule has 0 saturated heterocycles. The fourth-order valence-corrected chi connectivity index (χ4v) is 1.77. The minimum atomic E-state index is -0.946. The smallest absolute Gasteiger partial charge is 0.157 e. The van der Waals surface area contributed by atoms with Gasteiger partial charge in [-0.25, -0.2) is 0 Å². The van der Waals surface area contributed by atoms with Crippen molar-refractivity contribution in [3.8, 4) is 0 Å². The summed E-state index contributed by atoms with van der Waals surface area (Å²) in [5.41, 5.74) is 4.01. The predicted molar refractivity (Wildman–Crippen MR) is 50.5 cm³/mol. The Balaban J connectivity index is 3.25. The standard InChI is InChI=1S/C8H17NSi/c1-4-7-8-9-10(5-2)6-3/h5-6,9-10H,2-4,7-8H2,1H3. The van der Waals surface area contributed by atoms with Gasteiger partial charge in [0.15, 0.2) is 8.96 Å². The average Bonchev–Trinajstić information content (AvgIpc) is 1.99. The van der Waals surface area contributed by atoms with Crippen molar-refractivity contribution in [3.05, 3.63) is 24.6 Å². The van der Waals surface area contributed by atoms with E-state index in [1.54, 1.807) is 0 Å². The third-order valence-electron chi connectivity index (χ3n) is 1.42. The van der Waals surface area contributed by atoms with Crippen molar-refractivity contribution < 1.29 is 0 Å². The van der Waals surface area contributed by atoms with Crippen molar-refractivity contribution in [2.24, 2.45) is 0 Å². The Morgan fingerprint density at radius 3 is 2.40 bits per heavy atom. The van der Waals surface area contributed by atoms with Crippen LogP contribution < -0.4 is 4.98 Å². The van der Waals surface area contributed by atoms with E-state index in [9.17, 15) is 0 Å². The van der Waals surface area contributed by atoms with Gasteiger partial charge in [-0.3, -0.25) is 0 Å². The zero-order chi connectivity index (χ0) is 7.82. The normalized spacial score (nSPS) is 9.80. The molecule has 0 aromatic heterocycles. The summed E-state index contributed by atoms with van der Waals surface area (Å²) in [7, 11) is -0.946. The Bertz CT molecular complexity index is 93.4. The molecule has 0 aliphatic carbocycles. The molecule has 0 aromatic rings. The molecule has 0 heterocycles. The third-order valence-corrected chi connectivity index (χ3v) is 3.19. The molecular weight excluding hydrogens is 138 g/mol. The van der Waals surface area contributed by atoms with Gasteiger partial charge in [0, 0.05) is 0 Å². The van der Waals surface area contributed by atoms with Gasteiger partial charge in [0.05, 0.1) is 0 Å². The van der Waals surface area contributed by atoms with E-state index in [1.165, 1.54) is 12.8 Å². The lowest BCUT2D eigenvalue weighted by atomic mass is 10.3. The highest BCUT2D eigenvalue weighted by atomic mass is 28.3. The summed E-state index contributed by atoms with van der Waals surface area (Å²) < 4.78 is 0. The SMILES string of the molecule is C=C[SiH](C=C)NCCCC. The second-order valence-corrected chi connectivity index (χ2v) is 4.71. The Morgan fingerprint density at radius 2 is 2.00 bits per heavy atom. The van der Waals surface area contributed by atoms with Gasteiger partial charge in [-0.15, -0.1) is 13.2 Å². The highest BCUT2D eigenvalue weighted by molar-refractivity contribution is 6.66. The summed E-state index contributed by atoms with van der Waals surface area (Å²) in [5.74, 6) is 0. The Hall–Kier alpha value is -0.343. The van der Waals surface area contributed by atoms with Crippen LogP contribution in [0, 0.1) is 0 Å². The molecule has 1 N–H and O–H groups in total. The summed E-state index contributed by atoms with van der Waals surface area (Å²) in [6, 6.07) is 0. The van der Waals surface area contributed by atoms with Gasteiger partial charge in [-0.1, -0.05) is 24.7 Å². The monoisotopic (exact) mass is 155 g/mol. The molecule has 0 saturated carbocycles. The Kier molecular flexibility index (Phi) is 6.54. The van der Waals surface area contributed by atoms with E-state index in [4.69, 9.17) is 0 Å². The molecule has 0 atom stereocenters. The summed E-state index contributed by atoms with van der Waals surface area (Å²) in [4.78, 5) is 3.42. The number of nitrogens with one attached hydrogen (secondary N) is 1. The summed E-state index contributed by atoms with van der Waals surface area (Å²) in [6.45, 7) is 10.8. The number of rotatable bonds is 6. The van der Waals surface area contributed by atoms with Crippen LogP contribution in [0.15, 0.2) is 24.6 Å². The van der Waals surface area contributed by atoms with Gasteiger partial charge in [-0.2, -0.15) is 0 Å². The quantitative estimate of drug-likeness (QED) is 0.453. The lowest BCUT2D eigenvalue weighted by Crippen LogP contribution is -2.30. The van der Waals surface area contributed by atoms with Crippen molar-refractivity contribution in [1.82, 2.24) is 4.98 Å². The van der Waals surface area contributed by atoms with Crippen molar-refractivity contribution in [2.45, 2.75) is 19.8 Å². The molecule has 1 nitrogen and oxygen atoms in total. The Labute approximate surface area is 65.5 Å². The molecule has 0 unspecified atom stereocenters. The average molecular weight is 155 g/mol. The number of unbranched alkanes of at least 4 members (excludes halogenated alkanes) is 1. The molecule has 0 aliphatic rings. The fraction of sp³-hybridized carbons (Fsp3) is 0.500. The number of hydrogen-bond acceptors (Lipinski definition) is 1.